The van der Waals surface area contributed by atoms with E-state index in [1.54, 1.807) is 37.4 Å². The maximum absolute atomic E-state index is 13.2. The molecule has 1 aromatic heterocycles. The number of halogens is 1. The van der Waals surface area contributed by atoms with Crippen molar-refractivity contribution in [1.29, 1.82) is 0 Å². The Morgan fingerprint density at radius 2 is 1.64 bits per heavy atom. The lowest BCUT2D eigenvalue weighted by Crippen LogP contribution is -2.37. The molecule has 0 spiro atoms. The smallest absolute Gasteiger partial charge is 0.329 e. The van der Waals surface area contributed by atoms with Gasteiger partial charge in [0.1, 0.15) is 5.82 Å². The Morgan fingerprint density at radius 3 is 2.36 bits per heavy atom. The van der Waals surface area contributed by atoms with Crippen LogP contribution in [0.2, 0.25) is 5.02 Å². The van der Waals surface area contributed by atoms with E-state index in [1.165, 1.54) is 4.57 Å². The number of benzene rings is 2. The number of hydrogen-bond donors (Lipinski definition) is 2. The predicted octanol–water partition coefficient (Wildman–Crippen LogP) is 2.89. The van der Waals surface area contributed by atoms with Gasteiger partial charge in [0.05, 0.1) is 11.3 Å². The van der Waals surface area contributed by atoms with Crippen LogP contribution in [-0.4, -0.2) is 15.3 Å². The van der Waals surface area contributed by atoms with Crippen molar-refractivity contribution in [3.8, 4) is 0 Å². The van der Waals surface area contributed by atoms with E-state index >= 15 is 0 Å². The van der Waals surface area contributed by atoms with Crippen molar-refractivity contribution in [3.05, 3.63) is 102 Å². The molecule has 1 aliphatic heterocycles. The number of aromatic amines is 1. The molecule has 2 aliphatic rings. The van der Waals surface area contributed by atoms with E-state index in [0.29, 0.717) is 33.2 Å². The second-order valence-electron chi connectivity index (χ2n) is 6.85. The van der Waals surface area contributed by atoms with Crippen LogP contribution in [0.1, 0.15) is 33.0 Å². The average Bonchev–Trinajstić information content (AvgIpc) is 2.98. The normalized spacial score (nSPS) is 17.1. The van der Waals surface area contributed by atoms with Crippen LogP contribution in [0.5, 0.6) is 0 Å². The molecule has 2 heterocycles. The van der Waals surface area contributed by atoms with Gasteiger partial charge in [-0.05, 0) is 17.7 Å². The fourth-order valence-electron chi connectivity index (χ4n) is 4.02. The molecule has 3 aromatic rings. The Bertz CT molecular complexity index is 1320. The molecule has 1 atom stereocenters. The topological polar surface area (TPSA) is 84.0 Å². The number of allylic oxidation sites excluding steroid dienone is 1. The van der Waals surface area contributed by atoms with Gasteiger partial charge >= 0.3 is 5.69 Å². The van der Waals surface area contributed by atoms with Gasteiger partial charge in [-0.15, -0.1) is 0 Å². The monoisotopic (exact) mass is 391 g/mol. The molecular weight excluding hydrogens is 378 g/mol. The van der Waals surface area contributed by atoms with Gasteiger partial charge in [-0.25, -0.2) is 4.79 Å². The molecule has 28 heavy (non-hydrogen) atoms. The van der Waals surface area contributed by atoms with Crippen molar-refractivity contribution in [2.45, 2.75) is 5.92 Å². The van der Waals surface area contributed by atoms with Crippen molar-refractivity contribution < 1.29 is 4.79 Å². The summed E-state index contributed by atoms with van der Waals surface area (Å²) in [6, 6.07) is 14.3. The number of nitrogens with zero attached hydrogens (tertiary/aromatic N) is 1. The maximum atomic E-state index is 13.2. The van der Waals surface area contributed by atoms with E-state index < -0.39 is 17.2 Å². The Labute approximate surface area is 164 Å². The summed E-state index contributed by atoms with van der Waals surface area (Å²) >= 11 is 6.04. The number of aromatic nitrogens is 2. The largest absolute Gasteiger partial charge is 0.340 e. The third kappa shape index (κ3) is 2.18. The van der Waals surface area contributed by atoms with Crippen molar-refractivity contribution >= 4 is 28.9 Å². The molecule has 138 valence electrons. The first-order valence-electron chi connectivity index (χ1n) is 8.71. The third-order valence-corrected chi connectivity index (χ3v) is 5.59. The summed E-state index contributed by atoms with van der Waals surface area (Å²) in [4.78, 5) is 40.6. The lowest BCUT2D eigenvalue weighted by atomic mass is 9.81. The van der Waals surface area contributed by atoms with E-state index in [4.69, 9.17) is 11.6 Å². The molecular formula is C21H14ClN3O3. The van der Waals surface area contributed by atoms with Crippen LogP contribution in [0.3, 0.4) is 0 Å². The van der Waals surface area contributed by atoms with Crippen molar-refractivity contribution in [2.24, 2.45) is 7.05 Å². The minimum absolute atomic E-state index is 0.128. The molecule has 0 bridgehead atoms. The van der Waals surface area contributed by atoms with Gasteiger partial charge in [-0.2, -0.15) is 0 Å². The number of ketones is 1. The van der Waals surface area contributed by atoms with Gasteiger partial charge < -0.3 is 5.32 Å². The molecule has 0 radical (unpaired) electrons. The van der Waals surface area contributed by atoms with E-state index in [2.05, 4.69) is 10.3 Å². The first kappa shape index (κ1) is 16.8. The van der Waals surface area contributed by atoms with Crippen LogP contribution in [0.25, 0.3) is 5.70 Å². The van der Waals surface area contributed by atoms with Crippen LogP contribution in [0.4, 0.5) is 5.82 Å². The Hall–Kier alpha value is -3.38. The molecule has 1 aliphatic carbocycles. The number of rotatable bonds is 1. The zero-order valence-electron chi connectivity index (χ0n) is 14.7. The SMILES string of the molecule is Cn1c2c(c(=O)[nH]c1=O)[C@H](c1ccc(Cl)cc1)C1=C(N2)c2ccccc2C1=O. The highest BCUT2D eigenvalue weighted by atomic mass is 35.5. The first-order chi connectivity index (χ1) is 13.5. The molecule has 2 aromatic carbocycles. The number of carbonyl (C=O) groups excluding carboxylic acids is 1. The number of fused-ring (bicyclic) bond motifs is 3. The molecule has 5 rings (SSSR count). The fourth-order valence-corrected chi connectivity index (χ4v) is 4.15. The van der Waals surface area contributed by atoms with Gasteiger partial charge in [-0.3, -0.25) is 19.1 Å². The summed E-state index contributed by atoms with van der Waals surface area (Å²) < 4.78 is 1.36. The molecule has 2 N–H and O–H groups in total. The minimum Gasteiger partial charge on any atom is -0.340 e. The summed E-state index contributed by atoms with van der Waals surface area (Å²) in [5.41, 5.74) is 2.53. The van der Waals surface area contributed by atoms with E-state index in [0.717, 1.165) is 11.1 Å². The Kier molecular flexibility index (Phi) is 3.48. The van der Waals surface area contributed by atoms with E-state index in [9.17, 15) is 14.4 Å². The van der Waals surface area contributed by atoms with Crippen LogP contribution in [0.15, 0.2) is 63.7 Å². The fraction of sp³-hybridized carbons (Fsp3) is 0.0952. The second kappa shape index (κ2) is 5.81. The second-order valence-corrected chi connectivity index (χ2v) is 7.29. The number of carbonyl (C=O) groups is 1. The molecule has 0 fully saturated rings. The lowest BCUT2D eigenvalue weighted by molar-refractivity contribution is 0.103. The van der Waals surface area contributed by atoms with Crippen LogP contribution >= 0.6 is 11.6 Å². The molecule has 6 nitrogen and oxygen atoms in total. The Balaban J connectivity index is 1.87. The maximum Gasteiger partial charge on any atom is 0.329 e. The summed E-state index contributed by atoms with van der Waals surface area (Å²) in [6.45, 7) is 0. The number of anilines is 1. The van der Waals surface area contributed by atoms with E-state index in [-0.39, 0.29) is 5.78 Å². The number of hydrogen-bond acceptors (Lipinski definition) is 4. The Morgan fingerprint density at radius 1 is 0.964 bits per heavy atom. The zero-order valence-corrected chi connectivity index (χ0v) is 15.5. The highest BCUT2D eigenvalue weighted by Crippen LogP contribution is 2.47. The van der Waals surface area contributed by atoms with Gasteiger partial charge in [0.15, 0.2) is 5.78 Å². The predicted molar refractivity (Wildman–Crippen MR) is 107 cm³/mol. The van der Waals surface area contributed by atoms with Crippen molar-refractivity contribution in [3.63, 3.8) is 0 Å². The van der Waals surface area contributed by atoms with Crippen molar-refractivity contribution in [1.82, 2.24) is 9.55 Å². The number of H-pyrrole nitrogens is 1. The summed E-state index contributed by atoms with van der Waals surface area (Å²) in [5, 5.41) is 3.74. The molecule has 0 unspecified atom stereocenters. The zero-order chi connectivity index (χ0) is 19.6. The van der Waals surface area contributed by atoms with Crippen LogP contribution in [-0.2, 0) is 7.05 Å². The lowest BCUT2D eigenvalue weighted by Gasteiger charge is -2.29. The van der Waals surface area contributed by atoms with Gasteiger partial charge in [0, 0.05) is 34.7 Å². The standard InChI is InChI=1S/C21H14ClN3O3/c1-25-19-16(20(27)24-21(25)28)14(10-6-8-11(22)9-7-10)15-17(23-19)12-4-2-3-5-13(12)18(15)26/h2-9,14,23H,1H3,(H,24,27,28)/t14-/m1/s1. The van der Waals surface area contributed by atoms with Gasteiger partial charge in [-0.1, -0.05) is 48.0 Å². The summed E-state index contributed by atoms with van der Waals surface area (Å²) in [6.07, 6.45) is 0. The van der Waals surface area contributed by atoms with Gasteiger partial charge in [0.25, 0.3) is 5.56 Å². The minimum atomic E-state index is -0.612. The van der Waals surface area contributed by atoms with E-state index in [1.807, 2.05) is 18.2 Å². The highest BCUT2D eigenvalue weighted by molar-refractivity contribution is 6.30. The third-order valence-electron chi connectivity index (χ3n) is 5.34. The number of nitrogens with one attached hydrogen (secondary N) is 2. The average molecular weight is 392 g/mol. The van der Waals surface area contributed by atoms with Crippen LogP contribution < -0.4 is 16.6 Å². The number of Topliss-reactive ketones (excluding diaryl/α,β-unsaturated/α-hetero) is 1. The molecule has 0 amide bonds. The summed E-state index contributed by atoms with van der Waals surface area (Å²) in [7, 11) is 1.58. The quantitative estimate of drug-likeness (QED) is 0.668. The first-order valence-corrected chi connectivity index (χ1v) is 9.09. The molecule has 7 heteroatoms. The summed E-state index contributed by atoms with van der Waals surface area (Å²) in [5.74, 6) is -0.354. The van der Waals surface area contributed by atoms with Gasteiger partial charge in [0.2, 0.25) is 0 Å². The van der Waals surface area contributed by atoms with Crippen molar-refractivity contribution in [2.75, 3.05) is 5.32 Å². The molecule has 0 saturated carbocycles. The highest BCUT2D eigenvalue weighted by Gasteiger charge is 2.42. The van der Waals surface area contributed by atoms with Crippen LogP contribution in [0, 0.1) is 0 Å². The molecule has 0 saturated heterocycles.